The summed E-state index contributed by atoms with van der Waals surface area (Å²) in [6, 6.07) is 8.62. The smallest absolute Gasteiger partial charge is 0.248 e. The molecule has 0 saturated heterocycles. The average molecular weight is 502 g/mol. The summed E-state index contributed by atoms with van der Waals surface area (Å²) in [6.45, 7) is 0.198. The Balaban J connectivity index is 1.43. The number of methoxy groups -OCH3 is 1. The van der Waals surface area contributed by atoms with Crippen molar-refractivity contribution >= 4 is 31.8 Å². The van der Waals surface area contributed by atoms with Crippen LogP contribution in [0.2, 0.25) is 0 Å². The minimum Gasteiger partial charge on any atom is -0.497 e. The van der Waals surface area contributed by atoms with Gasteiger partial charge in [0.05, 0.1) is 11.6 Å². The Morgan fingerprint density at radius 2 is 1.90 bits per heavy atom. The third-order valence-corrected chi connectivity index (χ3v) is 8.17. The number of hydrogen-bond donors (Lipinski definition) is 1. The van der Waals surface area contributed by atoms with Crippen LogP contribution in [0, 0.1) is 11.8 Å². The molecule has 2 aliphatic rings. The van der Waals surface area contributed by atoms with E-state index in [1.807, 2.05) is 12.1 Å². The van der Waals surface area contributed by atoms with Crippen molar-refractivity contribution in [3.05, 3.63) is 46.6 Å². The molecule has 0 radical (unpaired) electrons. The first kappa shape index (κ1) is 21.5. The standard InChI is InChI=1S/C20H22BrF2N3O3S/c1-26(11-12-3-5-13(29-2)6-4-12)30(27,28)14-7-17(21)19(24-10-14)25-18-15-8-20(22,23)9-16(15)18/h3-7,10,15-16,18H,8-9,11H2,1-2H3,(H,24,25). The number of alkyl halides is 2. The fourth-order valence-electron chi connectivity index (χ4n) is 4.07. The van der Waals surface area contributed by atoms with Crippen LogP contribution in [0.3, 0.4) is 0 Å². The number of anilines is 1. The minimum atomic E-state index is -3.75. The Morgan fingerprint density at radius 3 is 2.47 bits per heavy atom. The highest BCUT2D eigenvalue weighted by molar-refractivity contribution is 9.10. The van der Waals surface area contributed by atoms with Gasteiger partial charge in [-0.1, -0.05) is 12.1 Å². The highest BCUT2D eigenvalue weighted by Crippen LogP contribution is 2.59. The number of halogens is 3. The molecule has 2 aliphatic carbocycles. The maximum atomic E-state index is 13.3. The molecule has 162 valence electrons. The molecule has 30 heavy (non-hydrogen) atoms. The molecular formula is C20H22BrF2N3O3S. The van der Waals surface area contributed by atoms with Crippen molar-refractivity contribution in [2.75, 3.05) is 19.5 Å². The number of rotatable bonds is 7. The summed E-state index contributed by atoms with van der Waals surface area (Å²) in [5.74, 6) is -1.50. The van der Waals surface area contributed by atoms with Crippen LogP contribution in [-0.2, 0) is 16.6 Å². The number of sulfonamides is 1. The summed E-state index contributed by atoms with van der Waals surface area (Å²) in [7, 11) is -0.678. The SMILES string of the molecule is COc1ccc(CN(C)S(=O)(=O)c2cnc(NC3C4CC(F)(F)CC43)c(Br)c2)cc1. The molecule has 1 heterocycles. The Bertz CT molecular complexity index is 1040. The molecule has 0 bridgehead atoms. The van der Waals surface area contributed by atoms with Crippen molar-refractivity contribution < 1.29 is 21.9 Å². The van der Waals surface area contributed by atoms with Gasteiger partial charge in [0.1, 0.15) is 16.5 Å². The molecule has 2 fully saturated rings. The lowest BCUT2D eigenvalue weighted by Crippen LogP contribution is -2.26. The maximum absolute atomic E-state index is 13.3. The molecule has 0 amide bonds. The van der Waals surface area contributed by atoms with Gasteiger partial charge >= 0.3 is 0 Å². The fraction of sp³-hybridized carbons (Fsp3) is 0.450. The number of pyridine rings is 1. The normalized spacial score (nSPS) is 24.5. The van der Waals surface area contributed by atoms with Gasteiger partial charge in [0, 0.05) is 38.7 Å². The van der Waals surface area contributed by atoms with E-state index in [2.05, 4.69) is 26.2 Å². The number of benzene rings is 1. The van der Waals surface area contributed by atoms with Gasteiger partial charge in [-0.25, -0.2) is 22.2 Å². The zero-order valence-corrected chi connectivity index (χ0v) is 18.9. The van der Waals surface area contributed by atoms with Crippen LogP contribution >= 0.6 is 15.9 Å². The number of ether oxygens (including phenoxy) is 1. The van der Waals surface area contributed by atoms with Crippen molar-refractivity contribution in [1.29, 1.82) is 0 Å². The number of fused-ring (bicyclic) bond motifs is 1. The molecule has 1 N–H and O–H groups in total. The zero-order valence-electron chi connectivity index (χ0n) is 16.5. The van der Waals surface area contributed by atoms with E-state index < -0.39 is 15.9 Å². The summed E-state index contributed by atoms with van der Waals surface area (Å²) in [5, 5.41) is 3.17. The molecule has 2 unspecified atom stereocenters. The topological polar surface area (TPSA) is 71.5 Å². The Labute approximate surface area is 182 Å². The van der Waals surface area contributed by atoms with Gasteiger partial charge in [0.15, 0.2) is 0 Å². The third kappa shape index (κ3) is 4.17. The van der Waals surface area contributed by atoms with Crippen LogP contribution in [0.4, 0.5) is 14.6 Å². The van der Waals surface area contributed by atoms with E-state index in [0.29, 0.717) is 16.0 Å². The van der Waals surface area contributed by atoms with E-state index in [1.165, 1.54) is 23.6 Å². The Kier molecular flexibility index (Phi) is 5.52. The first-order valence-corrected chi connectivity index (χ1v) is 11.7. The second kappa shape index (κ2) is 7.72. The molecule has 2 atom stereocenters. The van der Waals surface area contributed by atoms with Crippen LogP contribution in [0.1, 0.15) is 18.4 Å². The summed E-state index contributed by atoms with van der Waals surface area (Å²) in [4.78, 5) is 4.29. The first-order valence-electron chi connectivity index (χ1n) is 9.50. The molecule has 10 heteroatoms. The molecule has 1 aromatic carbocycles. The molecule has 0 spiro atoms. The highest BCUT2D eigenvalue weighted by atomic mass is 79.9. The van der Waals surface area contributed by atoms with Crippen LogP contribution in [0.25, 0.3) is 0 Å². The molecule has 4 rings (SSSR count). The highest BCUT2D eigenvalue weighted by Gasteiger charge is 2.63. The van der Waals surface area contributed by atoms with Crippen molar-refractivity contribution in [3.8, 4) is 5.75 Å². The van der Waals surface area contributed by atoms with E-state index in [0.717, 1.165) is 5.56 Å². The zero-order chi connectivity index (χ0) is 21.7. The van der Waals surface area contributed by atoms with Crippen LogP contribution < -0.4 is 10.1 Å². The number of hydrogen-bond acceptors (Lipinski definition) is 5. The van der Waals surface area contributed by atoms with Gasteiger partial charge in [0.2, 0.25) is 15.9 Å². The molecule has 1 aromatic heterocycles. The second-order valence-electron chi connectivity index (χ2n) is 7.87. The van der Waals surface area contributed by atoms with Crippen molar-refractivity contribution in [1.82, 2.24) is 9.29 Å². The van der Waals surface area contributed by atoms with Gasteiger partial charge in [-0.05, 0) is 51.5 Å². The van der Waals surface area contributed by atoms with Crippen molar-refractivity contribution in [2.45, 2.75) is 36.2 Å². The monoisotopic (exact) mass is 501 g/mol. The predicted molar refractivity (Wildman–Crippen MR) is 112 cm³/mol. The van der Waals surface area contributed by atoms with E-state index >= 15 is 0 Å². The summed E-state index contributed by atoms with van der Waals surface area (Å²) in [5.41, 5.74) is 0.823. The molecular weight excluding hydrogens is 480 g/mol. The molecule has 2 saturated carbocycles. The third-order valence-electron chi connectivity index (χ3n) is 5.79. The van der Waals surface area contributed by atoms with Gasteiger partial charge in [-0.2, -0.15) is 4.31 Å². The first-order chi connectivity index (χ1) is 14.1. The number of aromatic nitrogens is 1. The summed E-state index contributed by atoms with van der Waals surface area (Å²) in [6.07, 6.45) is 1.09. The van der Waals surface area contributed by atoms with Gasteiger partial charge < -0.3 is 10.1 Å². The second-order valence-corrected chi connectivity index (χ2v) is 10.8. The van der Waals surface area contributed by atoms with E-state index in [4.69, 9.17) is 4.74 Å². The van der Waals surface area contributed by atoms with E-state index in [9.17, 15) is 17.2 Å². The lowest BCUT2D eigenvalue weighted by atomic mass is 10.1. The van der Waals surface area contributed by atoms with Gasteiger partial charge in [0.25, 0.3) is 0 Å². The summed E-state index contributed by atoms with van der Waals surface area (Å²) >= 11 is 3.36. The largest absolute Gasteiger partial charge is 0.497 e. The van der Waals surface area contributed by atoms with Crippen molar-refractivity contribution in [3.63, 3.8) is 0 Å². The van der Waals surface area contributed by atoms with Gasteiger partial charge in [-0.3, -0.25) is 0 Å². The van der Waals surface area contributed by atoms with E-state index in [1.54, 1.807) is 19.2 Å². The van der Waals surface area contributed by atoms with Crippen LogP contribution in [0.15, 0.2) is 45.9 Å². The van der Waals surface area contributed by atoms with Crippen LogP contribution in [-0.4, -0.2) is 43.8 Å². The number of nitrogens with one attached hydrogen (secondary N) is 1. The molecule has 0 aliphatic heterocycles. The van der Waals surface area contributed by atoms with Gasteiger partial charge in [-0.15, -0.1) is 0 Å². The quantitative estimate of drug-likeness (QED) is 0.617. The molecule has 2 aromatic rings. The average Bonchev–Trinajstić information content (AvgIpc) is 3.17. The molecule has 6 nitrogen and oxygen atoms in total. The van der Waals surface area contributed by atoms with Crippen molar-refractivity contribution in [2.24, 2.45) is 11.8 Å². The fourth-order valence-corrected chi connectivity index (χ4v) is 5.81. The predicted octanol–water partition coefficient (Wildman–Crippen LogP) is 4.13. The van der Waals surface area contributed by atoms with E-state index in [-0.39, 0.29) is 42.2 Å². The number of nitrogens with zero attached hydrogens (tertiary/aromatic N) is 2. The Hall–Kier alpha value is -1.78. The Morgan fingerprint density at radius 1 is 1.27 bits per heavy atom. The lowest BCUT2D eigenvalue weighted by Gasteiger charge is -2.18. The summed E-state index contributed by atoms with van der Waals surface area (Å²) < 4.78 is 59.4. The lowest BCUT2D eigenvalue weighted by molar-refractivity contribution is -0.00448. The minimum absolute atomic E-state index is 0.0337. The van der Waals surface area contributed by atoms with Crippen LogP contribution in [0.5, 0.6) is 5.75 Å². The maximum Gasteiger partial charge on any atom is 0.248 e.